The van der Waals surface area contributed by atoms with Crippen molar-refractivity contribution < 1.29 is 14.3 Å². The topological polar surface area (TPSA) is 56.6 Å². The number of hydrogen-bond acceptors (Lipinski definition) is 4. The van der Waals surface area contributed by atoms with Crippen LogP contribution in [0.3, 0.4) is 0 Å². The Kier molecular flexibility index (Phi) is 6.45. The molecule has 0 aliphatic carbocycles. The Hall–Kier alpha value is -3.12. The van der Waals surface area contributed by atoms with Gasteiger partial charge in [-0.15, -0.1) is 0 Å². The molecule has 6 nitrogen and oxygen atoms in total. The number of carbonyl (C=O) groups is 1. The molecule has 1 heterocycles. The van der Waals surface area contributed by atoms with Gasteiger partial charge in [0, 0.05) is 43.1 Å². The second kappa shape index (κ2) is 9.19. The minimum atomic E-state index is -0.0622. The smallest absolute Gasteiger partial charge is 0.253 e. The summed E-state index contributed by atoms with van der Waals surface area (Å²) in [6.07, 6.45) is 3.72. The van der Waals surface area contributed by atoms with Crippen LogP contribution < -0.4 is 4.74 Å². The Morgan fingerprint density at radius 3 is 2.68 bits per heavy atom. The zero-order valence-corrected chi connectivity index (χ0v) is 16.5. The molecule has 0 aliphatic rings. The van der Waals surface area contributed by atoms with Crippen LogP contribution in [0.15, 0.2) is 60.9 Å². The number of para-hydroxylation sites is 1. The number of nitrogens with zero attached hydrogens (tertiary/aromatic N) is 3. The summed E-state index contributed by atoms with van der Waals surface area (Å²) in [6, 6.07) is 15.3. The van der Waals surface area contributed by atoms with Gasteiger partial charge >= 0.3 is 0 Å². The summed E-state index contributed by atoms with van der Waals surface area (Å²) in [7, 11) is 3.40. The minimum Gasteiger partial charge on any atom is -0.496 e. The molecule has 0 saturated carbocycles. The van der Waals surface area contributed by atoms with Crippen LogP contribution in [0, 0.1) is 0 Å². The van der Waals surface area contributed by atoms with Gasteiger partial charge in [0.25, 0.3) is 5.91 Å². The monoisotopic (exact) mass is 379 g/mol. The Morgan fingerprint density at radius 2 is 1.96 bits per heavy atom. The molecule has 0 spiro atoms. The van der Waals surface area contributed by atoms with Crippen LogP contribution in [-0.2, 0) is 17.9 Å². The van der Waals surface area contributed by atoms with Crippen molar-refractivity contribution in [2.24, 2.45) is 0 Å². The molecule has 2 aromatic carbocycles. The standard InChI is InChI=1S/C22H25N3O3/c1-4-28-16-19-12-18(10-11-21(19)27-3)22(26)24(2)14-17-13-23-25(15-17)20-8-6-5-7-9-20/h5-13,15H,4,14,16H2,1-3H3. The summed E-state index contributed by atoms with van der Waals surface area (Å²) in [4.78, 5) is 14.5. The first kappa shape index (κ1) is 19.6. The first-order valence-electron chi connectivity index (χ1n) is 9.21. The van der Waals surface area contributed by atoms with E-state index in [1.165, 1.54) is 0 Å². The predicted molar refractivity (Wildman–Crippen MR) is 108 cm³/mol. The van der Waals surface area contributed by atoms with Gasteiger partial charge in [0.15, 0.2) is 0 Å². The molecule has 0 unspecified atom stereocenters. The number of benzene rings is 2. The number of hydrogen-bond donors (Lipinski definition) is 0. The van der Waals surface area contributed by atoms with Crippen LogP contribution in [0.2, 0.25) is 0 Å². The van der Waals surface area contributed by atoms with Crippen molar-refractivity contribution in [3.63, 3.8) is 0 Å². The molecule has 3 rings (SSSR count). The number of ether oxygens (including phenoxy) is 2. The molecule has 3 aromatic rings. The fraction of sp³-hybridized carbons (Fsp3) is 0.273. The number of rotatable bonds is 8. The zero-order chi connectivity index (χ0) is 19.9. The van der Waals surface area contributed by atoms with Crippen molar-refractivity contribution in [2.45, 2.75) is 20.1 Å². The van der Waals surface area contributed by atoms with Gasteiger partial charge in [-0.25, -0.2) is 4.68 Å². The largest absolute Gasteiger partial charge is 0.496 e. The second-order valence-corrected chi connectivity index (χ2v) is 6.45. The second-order valence-electron chi connectivity index (χ2n) is 6.45. The van der Waals surface area contributed by atoms with Crippen molar-refractivity contribution >= 4 is 5.91 Å². The van der Waals surface area contributed by atoms with Crippen molar-refractivity contribution in [2.75, 3.05) is 20.8 Å². The van der Waals surface area contributed by atoms with E-state index in [0.717, 1.165) is 22.6 Å². The van der Waals surface area contributed by atoms with E-state index in [2.05, 4.69) is 5.10 Å². The quantitative estimate of drug-likeness (QED) is 0.599. The van der Waals surface area contributed by atoms with Crippen LogP contribution in [0.25, 0.3) is 5.69 Å². The number of methoxy groups -OCH3 is 1. The first-order valence-corrected chi connectivity index (χ1v) is 9.21. The van der Waals surface area contributed by atoms with E-state index < -0.39 is 0 Å². The summed E-state index contributed by atoms with van der Waals surface area (Å²) < 4.78 is 12.7. The maximum atomic E-state index is 12.9. The lowest BCUT2D eigenvalue weighted by molar-refractivity contribution is 0.0784. The molecule has 0 atom stereocenters. The van der Waals surface area contributed by atoms with Crippen molar-refractivity contribution in [3.05, 3.63) is 77.6 Å². The average Bonchev–Trinajstić information content (AvgIpc) is 3.20. The normalized spacial score (nSPS) is 10.7. The molecule has 146 valence electrons. The van der Waals surface area contributed by atoms with Gasteiger partial charge in [0.2, 0.25) is 0 Å². The molecule has 1 amide bonds. The highest BCUT2D eigenvalue weighted by Gasteiger charge is 2.15. The van der Waals surface area contributed by atoms with Crippen LogP contribution in [0.5, 0.6) is 5.75 Å². The molecule has 6 heteroatoms. The molecular formula is C22H25N3O3. The van der Waals surface area contributed by atoms with Crippen LogP contribution in [0.1, 0.15) is 28.4 Å². The van der Waals surface area contributed by atoms with E-state index in [-0.39, 0.29) is 5.91 Å². The van der Waals surface area contributed by atoms with E-state index in [0.29, 0.717) is 25.3 Å². The SMILES string of the molecule is CCOCc1cc(C(=O)N(C)Cc2cnn(-c3ccccc3)c2)ccc1OC. The molecule has 0 aliphatic heterocycles. The van der Waals surface area contributed by atoms with Crippen LogP contribution in [0.4, 0.5) is 0 Å². The van der Waals surface area contributed by atoms with E-state index >= 15 is 0 Å². The Morgan fingerprint density at radius 1 is 1.18 bits per heavy atom. The highest BCUT2D eigenvalue weighted by atomic mass is 16.5. The van der Waals surface area contributed by atoms with Gasteiger partial charge in [-0.05, 0) is 37.3 Å². The molecule has 0 fully saturated rings. The Labute approximate surface area is 165 Å². The summed E-state index contributed by atoms with van der Waals surface area (Å²) in [6.45, 7) is 3.42. The number of amides is 1. The lowest BCUT2D eigenvalue weighted by Crippen LogP contribution is -2.26. The molecule has 0 bridgehead atoms. The van der Waals surface area contributed by atoms with Gasteiger partial charge in [-0.2, -0.15) is 5.10 Å². The summed E-state index contributed by atoms with van der Waals surface area (Å²) in [5.41, 5.74) is 3.41. The maximum absolute atomic E-state index is 12.9. The van der Waals surface area contributed by atoms with Crippen LogP contribution >= 0.6 is 0 Å². The Bertz CT molecular complexity index is 922. The summed E-state index contributed by atoms with van der Waals surface area (Å²) >= 11 is 0. The zero-order valence-electron chi connectivity index (χ0n) is 16.5. The summed E-state index contributed by atoms with van der Waals surface area (Å²) in [5, 5.41) is 4.39. The average molecular weight is 379 g/mol. The lowest BCUT2D eigenvalue weighted by Gasteiger charge is -2.17. The minimum absolute atomic E-state index is 0.0622. The molecule has 0 radical (unpaired) electrons. The third-order valence-electron chi connectivity index (χ3n) is 4.41. The van der Waals surface area contributed by atoms with Crippen molar-refractivity contribution in [1.29, 1.82) is 0 Å². The number of aromatic nitrogens is 2. The van der Waals surface area contributed by atoms with Gasteiger partial charge in [-0.3, -0.25) is 4.79 Å². The van der Waals surface area contributed by atoms with E-state index in [1.54, 1.807) is 36.0 Å². The lowest BCUT2D eigenvalue weighted by atomic mass is 10.1. The third-order valence-corrected chi connectivity index (χ3v) is 4.41. The molecule has 0 N–H and O–H groups in total. The highest BCUT2D eigenvalue weighted by molar-refractivity contribution is 5.94. The van der Waals surface area contributed by atoms with E-state index in [9.17, 15) is 4.79 Å². The fourth-order valence-electron chi connectivity index (χ4n) is 2.97. The van der Waals surface area contributed by atoms with Crippen molar-refractivity contribution in [1.82, 2.24) is 14.7 Å². The third kappa shape index (κ3) is 4.58. The predicted octanol–water partition coefficient (Wildman–Crippen LogP) is 3.69. The maximum Gasteiger partial charge on any atom is 0.253 e. The first-order chi connectivity index (χ1) is 13.6. The Balaban J connectivity index is 1.72. The van der Waals surface area contributed by atoms with Crippen LogP contribution in [-0.4, -0.2) is 41.4 Å². The van der Waals surface area contributed by atoms with Gasteiger partial charge < -0.3 is 14.4 Å². The van der Waals surface area contributed by atoms with Gasteiger partial charge in [0.05, 0.1) is 25.6 Å². The van der Waals surface area contributed by atoms with Gasteiger partial charge in [0.1, 0.15) is 5.75 Å². The van der Waals surface area contributed by atoms with E-state index in [1.807, 2.05) is 55.6 Å². The molecular weight excluding hydrogens is 354 g/mol. The molecule has 0 saturated heterocycles. The van der Waals surface area contributed by atoms with Crippen molar-refractivity contribution in [3.8, 4) is 11.4 Å². The summed E-state index contributed by atoms with van der Waals surface area (Å²) in [5.74, 6) is 0.657. The highest BCUT2D eigenvalue weighted by Crippen LogP contribution is 2.22. The molecule has 1 aromatic heterocycles. The fourth-order valence-corrected chi connectivity index (χ4v) is 2.97. The molecule has 28 heavy (non-hydrogen) atoms. The van der Waals surface area contributed by atoms with E-state index in [4.69, 9.17) is 9.47 Å². The number of carbonyl (C=O) groups excluding carboxylic acids is 1. The van der Waals surface area contributed by atoms with Gasteiger partial charge in [-0.1, -0.05) is 18.2 Å².